The van der Waals surface area contributed by atoms with Crippen LogP contribution in [0.2, 0.25) is 0 Å². The second-order valence-corrected chi connectivity index (χ2v) is 8.34. The zero-order valence-electron chi connectivity index (χ0n) is 15.9. The van der Waals surface area contributed by atoms with Gasteiger partial charge in [0.1, 0.15) is 0 Å². The summed E-state index contributed by atoms with van der Waals surface area (Å²) in [5.74, 6) is 0. The highest BCUT2D eigenvalue weighted by molar-refractivity contribution is 7.92. The van der Waals surface area contributed by atoms with Gasteiger partial charge in [0.25, 0.3) is 10.0 Å². The predicted octanol–water partition coefficient (Wildman–Crippen LogP) is 5.36. The van der Waals surface area contributed by atoms with Crippen LogP contribution in [-0.4, -0.2) is 18.2 Å². The SMILES string of the molecule is O=S(=O)(Nc1ccc(-c2cc(C(F)(F)F)nn2-c2ccccc2)cc1)c1ccccc1. The molecule has 0 saturated carbocycles. The molecule has 1 heterocycles. The molecular formula is C22H16F3N3O2S. The third kappa shape index (κ3) is 4.46. The fourth-order valence-corrected chi connectivity index (χ4v) is 4.09. The number of aromatic nitrogens is 2. The van der Waals surface area contributed by atoms with Gasteiger partial charge in [-0.25, -0.2) is 13.1 Å². The minimum atomic E-state index is -4.60. The quantitative estimate of drug-likeness (QED) is 0.452. The van der Waals surface area contributed by atoms with E-state index in [1.54, 1.807) is 60.7 Å². The Morgan fingerprint density at radius 3 is 1.97 bits per heavy atom. The van der Waals surface area contributed by atoms with Gasteiger partial charge in [0.15, 0.2) is 5.69 Å². The highest BCUT2D eigenvalue weighted by atomic mass is 32.2. The Morgan fingerprint density at radius 2 is 1.39 bits per heavy atom. The smallest absolute Gasteiger partial charge is 0.280 e. The van der Waals surface area contributed by atoms with E-state index in [1.165, 1.54) is 28.9 Å². The van der Waals surface area contributed by atoms with Gasteiger partial charge in [-0.3, -0.25) is 4.72 Å². The van der Waals surface area contributed by atoms with E-state index >= 15 is 0 Å². The average molecular weight is 443 g/mol. The summed E-state index contributed by atoms with van der Waals surface area (Å²) >= 11 is 0. The summed E-state index contributed by atoms with van der Waals surface area (Å²) in [6.45, 7) is 0. The van der Waals surface area contributed by atoms with Crippen LogP contribution in [0.5, 0.6) is 0 Å². The van der Waals surface area contributed by atoms with Crippen LogP contribution in [0.4, 0.5) is 18.9 Å². The first-order valence-corrected chi connectivity index (χ1v) is 10.6. The highest BCUT2D eigenvalue weighted by Gasteiger charge is 2.35. The van der Waals surface area contributed by atoms with Crippen LogP contribution in [0.25, 0.3) is 16.9 Å². The summed E-state index contributed by atoms with van der Waals surface area (Å²) in [4.78, 5) is 0.107. The maximum Gasteiger partial charge on any atom is 0.435 e. The van der Waals surface area contributed by atoms with Gasteiger partial charge in [0.2, 0.25) is 0 Å². The Labute approximate surface area is 176 Å². The highest BCUT2D eigenvalue weighted by Crippen LogP contribution is 2.33. The van der Waals surface area contributed by atoms with Crippen LogP contribution in [0, 0.1) is 0 Å². The summed E-state index contributed by atoms with van der Waals surface area (Å²) in [6, 6.07) is 23.4. The number of hydrogen-bond donors (Lipinski definition) is 1. The molecule has 0 aliphatic rings. The van der Waals surface area contributed by atoms with Crippen molar-refractivity contribution in [2.75, 3.05) is 4.72 Å². The van der Waals surface area contributed by atoms with Crippen molar-refractivity contribution in [2.45, 2.75) is 11.1 Å². The number of alkyl halides is 3. The number of nitrogens with zero attached hydrogens (tertiary/aromatic N) is 2. The Morgan fingerprint density at radius 1 is 0.806 bits per heavy atom. The third-order valence-electron chi connectivity index (χ3n) is 4.49. The van der Waals surface area contributed by atoms with Crippen LogP contribution in [-0.2, 0) is 16.2 Å². The molecule has 1 N–H and O–H groups in total. The minimum absolute atomic E-state index is 0.107. The third-order valence-corrected chi connectivity index (χ3v) is 5.88. The summed E-state index contributed by atoms with van der Waals surface area (Å²) in [5, 5.41) is 3.73. The Kier molecular flexibility index (Phi) is 5.28. The molecule has 0 bridgehead atoms. The molecule has 0 unspecified atom stereocenters. The fraction of sp³-hybridized carbons (Fsp3) is 0.0455. The van der Waals surface area contributed by atoms with E-state index in [9.17, 15) is 21.6 Å². The lowest BCUT2D eigenvalue weighted by atomic mass is 10.1. The van der Waals surface area contributed by atoms with Crippen molar-refractivity contribution in [3.63, 3.8) is 0 Å². The zero-order chi connectivity index (χ0) is 22.1. The van der Waals surface area contributed by atoms with Crippen LogP contribution in [0.3, 0.4) is 0 Å². The van der Waals surface area contributed by atoms with Crippen molar-refractivity contribution in [2.24, 2.45) is 0 Å². The fourth-order valence-electron chi connectivity index (χ4n) is 3.01. The van der Waals surface area contributed by atoms with Crippen LogP contribution < -0.4 is 4.72 Å². The number of para-hydroxylation sites is 1. The molecule has 9 heteroatoms. The van der Waals surface area contributed by atoms with Crippen molar-refractivity contribution >= 4 is 15.7 Å². The number of hydrogen-bond acceptors (Lipinski definition) is 3. The summed E-state index contributed by atoms with van der Waals surface area (Å²) in [7, 11) is -3.77. The molecular weight excluding hydrogens is 427 g/mol. The largest absolute Gasteiger partial charge is 0.435 e. The molecule has 158 valence electrons. The van der Waals surface area contributed by atoms with Gasteiger partial charge in [-0.1, -0.05) is 48.5 Å². The van der Waals surface area contributed by atoms with Gasteiger partial charge in [-0.15, -0.1) is 0 Å². The molecule has 0 spiro atoms. The molecule has 0 fully saturated rings. The minimum Gasteiger partial charge on any atom is -0.280 e. The second-order valence-electron chi connectivity index (χ2n) is 6.66. The van der Waals surface area contributed by atoms with E-state index in [0.29, 0.717) is 11.3 Å². The molecule has 5 nitrogen and oxygen atoms in total. The number of anilines is 1. The molecule has 3 aromatic carbocycles. The molecule has 31 heavy (non-hydrogen) atoms. The van der Waals surface area contributed by atoms with Gasteiger partial charge < -0.3 is 0 Å². The molecule has 1 aromatic heterocycles. The van der Waals surface area contributed by atoms with Gasteiger partial charge in [0.05, 0.1) is 16.3 Å². The van der Waals surface area contributed by atoms with Gasteiger partial charge in [-0.05, 0) is 42.5 Å². The zero-order valence-corrected chi connectivity index (χ0v) is 16.7. The van der Waals surface area contributed by atoms with Gasteiger partial charge in [0, 0.05) is 11.3 Å². The summed E-state index contributed by atoms with van der Waals surface area (Å²) < 4.78 is 68.4. The number of nitrogens with one attached hydrogen (secondary N) is 1. The standard InChI is InChI=1S/C22H16F3N3O2S/c23-22(24,25)21-15-20(28(26-21)18-7-3-1-4-8-18)16-11-13-17(14-12-16)27-31(29,30)19-9-5-2-6-10-19/h1-15,27H. The second kappa shape index (κ2) is 7.92. The summed E-state index contributed by atoms with van der Waals surface area (Å²) in [6.07, 6.45) is -4.60. The normalized spacial score (nSPS) is 12.0. The van der Waals surface area contributed by atoms with Crippen molar-refractivity contribution in [1.82, 2.24) is 9.78 Å². The molecule has 0 atom stereocenters. The Balaban J connectivity index is 1.69. The molecule has 0 radical (unpaired) electrons. The first kappa shape index (κ1) is 20.7. The maximum absolute atomic E-state index is 13.3. The Hall–Kier alpha value is -3.59. The van der Waals surface area contributed by atoms with Crippen LogP contribution in [0.1, 0.15) is 5.69 Å². The molecule has 0 aliphatic carbocycles. The molecule has 0 amide bonds. The molecule has 0 saturated heterocycles. The predicted molar refractivity (Wildman–Crippen MR) is 111 cm³/mol. The van der Waals surface area contributed by atoms with Gasteiger partial charge >= 0.3 is 6.18 Å². The number of rotatable bonds is 5. The van der Waals surface area contributed by atoms with E-state index < -0.39 is 21.9 Å². The number of halogens is 3. The molecule has 0 aliphatic heterocycles. The lowest BCUT2D eigenvalue weighted by Gasteiger charge is -2.10. The van der Waals surface area contributed by atoms with Crippen molar-refractivity contribution in [1.29, 1.82) is 0 Å². The molecule has 4 rings (SSSR count). The maximum atomic E-state index is 13.3. The monoisotopic (exact) mass is 443 g/mol. The first-order valence-electron chi connectivity index (χ1n) is 9.15. The van der Waals surface area contributed by atoms with E-state index in [-0.39, 0.29) is 16.3 Å². The van der Waals surface area contributed by atoms with E-state index in [0.717, 1.165) is 6.07 Å². The lowest BCUT2D eigenvalue weighted by Crippen LogP contribution is -2.12. The molecule has 4 aromatic rings. The van der Waals surface area contributed by atoms with Crippen LogP contribution in [0.15, 0.2) is 95.9 Å². The number of benzene rings is 3. The van der Waals surface area contributed by atoms with E-state index in [2.05, 4.69) is 9.82 Å². The van der Waals surface area contributed by atoms with Gasteiger partial charge in [-0.2, -0.15) is 18.3 Å². The lowest BCUT2D eigenvalue weighted by molar-refractivity contribution is -0.141. The first-order chi connectivity index (χ1) is 14.7. The number of sulfonamides is 1. The average Bonchev–Trinajstić information content (AvgIpc) is 3.21. The van der Waals surface area contributed by atoms with Crippen molar-refractivity contribution in [3.05, 3.63) is 96.7 Å². The van der Waals surface area contributed by atoms with Crippen molar-refractivity contribution < 1.29 is 21.6 Å². The Bertz CT molecular complexity index is 1290. The van der Waals surface area contributed by atoms with Crippen LogP contribution >= 0.6 is 0 Å². The van der Waals surface area contributed by atoms with E-state index in [1.807, 2.05) is 0 Å². The van der Waals surface area contributed by atoms with Crippen molar-refractivity contribution in [3.8, 4) is 16.9 Å². The topological polar surface area (TPSA) is 64.0 Å². The van der Waals surface area contributed by atoms with E-state index in [4.69, 9.17) is 0 Å². The summed E-state index contributed by atoms with van der Waals surface area (Å²) in [5.41, 5.74) is 0.432.